The first-order valence-electron chi connectivity index (χ1n) is 7.67. The quantitative estimate of drug-likeness (QED) is 0.825. The average Bonchev–Trinajstić information content (AvgIpc) is 3.03. The van der Waals surface area contributed by atoms with Crippen molar-refractivity contribution >= 4 is 17.7 Å². The number of aromatic nitrogens is 3. The molecule has 3 heterocycles. The molecule has 1 N–H and O–H groups in total. The van der Waals surface area contributed by atoms with E-state index in [-0.39, 0.29) is 23.8 Å². The Balaban J connectivity index is 1.65. The number of pyridine rings is 1. The van der Waals surface area contributed by atoms with Crippen molar-refractivity contribution in [3.63, 3.8) is 0 Å². The topological polar surface area (TPSA) is 86.1 Å². The van der Waals surface area contributed by atoms with Gasteiger partial charge < -0.3 is 10.1 Å². The van der Waals surface area contributed by atoms with Crippen LogP contribution in [0.4, 0.5) is 0 Å². The molecule has 0 aliphatic carbocycles. The Labute approximate surface area is 143 Å². The third kappa shape index (κ3) is 3.59. The monoisotopic (exact) mass is 346 g/mol. The number of amides is 1. The minimum atomic E-state index is -0.429. The maximum atomic E-state index is 12.3. The zero-order valence-corrected chi connectivity index (χ0v) is 14.3. The molecule has 7 nitrogen and oxygen atoms in total. The Morgan fingerprint density at radius 1 is 1.38 bits per heavy atom. The maximum absolute atomic E-state index is 12.3. The van der Waals surface area contributed by atoms with Crippen LogP contribution in [0.5, 0.6) is 5.88 Å². The van der Waals surface area contributed by atoms with Crippen LogP contribution in [0.1, 0.15) is 29.8 Å². The van der Waals surface area contributed by atoms with Gasteiger partial charge in [0.25, 0.3) is 11.5 Å². The predicted octanol–water partition coefficient (Wildman–Crippen LogP) is 1.46. The van der Waals surface area contributed by atoms with Gasteiger partial charge in [-0.2, -0.15) is 0 Å². The second-order valence-corrected chi connectivity index (χ2v) is 6.68. The molecule has 0 atom stereocenters. The largest absolute Gasteiger partial charge is 0.475 e. The molecule has 0 fully saturated rings. The van der Waals surface area contributed by atoms with E-state index in [0.29, 0.717) is 17.6 Å². The van der Waals surface area contributed by atoms with Gasteiger partial charge >= 0.3 is 0 Å². The minimum Gasteiger partial charge on any atom is -0.475 e. The van der Waals surface area contributed by atoms with Crippen LogP contribution in [0, 0.1) is 0 Å². The highest BCUT2D eigenvalue weighted by Gasteiger charge is 2.19. The van der Waals surface area contributed by atoms with Gasteiger partial charge in [0, 0.05) is 37.3 Å². The molecule has 0 radical (unpaired) electrons. The fourth-order valence-electron chi connectivity index (χ4n) is 2.28. The minimum absolute atomic E-state index is 0.0569. The number of thioether (sulfide) groups is 1. The lowest BCUT2D eigenvalue weighted by molar-refractivity contribution is 0.0948. The average molecular weight is 346 g/mol. The first-order valence-corrected chi connectivity index (χ1v) is 8.65. The smallest absolute Gasteiger partial charge is 0.267 e. The van der Waals surface area contributed by atoms with Crippen LogP contribution >= 0.6 is 11.8 Å². The Morgan fingerprint density at radius 2 is 2.21 bits per heavy atom. The number of nitrogens with one attached hydrogen (secondary N) is 1. The summed E-state index contributed by atoms with van der Waals surface area (Å²) < 4.78 is 7.01. The van der Waals surface area contributed by atoms with Crippen molar-refractivity contribution in [3.05, 3.63) is 46.0 Å². The van der Waals surface area contributed by atoms with Gasteiger partial charge in [0.05, 0.1) is 6.10 Å². The van der Waals surface area contributed by atoms with Crippen molar-refractivity contribution in [2.24, 2.45) is 0 Å². The summed E-state index contributed by atoms with van der Waals surface area (Å²) in [6.07, 6.45) is 3.05. The highest BCUT2D eigenvalue weighted by atomic mass is 32.2. The summed E-state index contributed by atoms with van der Waals surface area (Å²) >= 11 is 1.52. The van der Waals surface area contributed by atoms with Crippen LogP contribution < -0.4 is 15.6 Å². The van der Waals surface area contributed by atoms with E-state index in [1.165, 1.54) is 18.0 Å². The van der Waals surface area contributed by atoms with Crippen molar-refractivity contribution < 1.29 is 9.53 Å². The van der Waals surface area contributed by atoms with Crippen LogP contribution in [0.15, 0.2) is 34.5 Å². The SMILES string of the molecule is CC(C)Oc1ccc(CNC(=O)c2cnc3n(c2=O)CCS3)cn1. The molecule has 1 aliphatic rings. The number of carbonyl (C=O) groups excluding carboxylic acids is 1. The van der Waals surface area contributed by atoms with E-state index >= 15 is 0 Å². The molecule has 0 aromatic carbocycles. The Hall–Kier alpha value is -2.35. The Morgan fingerprint density at radius 3 is 2.92 bits per heavy atom. The fourth-order valence-corrected chi connectivity index (χ4v) is 3.19. The standard InChI is InChI=1S/C16H18N4O3S/c1-10(2)23-13-4-3-11(7-17-13)8-18-14(21)12-9-19-16-20(15(12)22)5-6-24-16/h3-4,7,9-10H,5-6,8H2,1-2H3,(H,18,21). The summed E-state index contributed by atoms with van der Waals surface area (Å²) in [5, 5.41) is 3.40. The van der Waals surface area contributed by atoms with Crippen LogP contribution in [0.3, 0.4) is 0 Å². The van der Waals surface area contributed by atoms with Gasteiger partial charge in [-0.3, -0.25) is 14.2 Å². The predicted molar refractivity (Wildman–Crippen MR) is 90.4 cm³/mol. The van der Waals surface area contributed by atoms with Gasteiger partial charge in [-0.1, -0.05) is 17.8 Å². The van der Waals surface area contributed by atoms with Crippen LogP contribution in [0.25, 0.3) is 0 Å². The summed E-state index contributed by atoms with van der Waals surface area (Å²) in [4.78, 5) is 32.9. The van der Waals surface area contributed by atoms with E-state index in [2.05, 4.69) is 15.3 Å². The fraction of sp³-hybridized carbons (Fsp3) is 0.375. The van der Waals surface area contributed by atoms with Gasteiger partial charge in [-0.25, -0.2) is 9.97 Å². The molecule has 2 aromatic heterocycles. The molecule has 8 heteroatoms. The molecular weight excluding hydrogens is 328 g/mol. The van der Waals surface area contributed by atoms with E-state index < -0.39 is 5.91 Å². The zero-order valence-electron chi connectivity index (χ0n) is 13.5. The molecule has 0 saturated heterocycles. The van der Waals surface area contributed by atoms with Gasteiger partial charge in [0.15, 0.2) is 5.16 Å². The molecule has 3 rings (SSSR count). The number of nitrogens with zero attached hydrogens (tertiary/aromatic N) is 3. The van der Waals surface area contributed by atoms with Crippen molar-refractivity contribution in [3.8, 4) is 5.88 Å². The number of carbonyl (C=O) groups is 1. The third-order valence-electron chi connectivity index (χ3n) is 3.41. The van der Waals surface area contributed by atoms with Crippen LogP contribution in [-0.2, 0) is 13.1 Å². The number of ether oxygens (including phenoxy) is 1. The van der Waals surface area contributed by atoms with Crippen molar-refractivity contribution in [1.82, 2.24) is 19.9 Å². The van der Waals surface area contributed by atoms with E-state index in [1.807, 2.05) is 19.9 Å². The number of fused-ring (bicyclic) bond motifs is 1. The summed E-state index contributed by atoms with van der Waals surface area (Å²) in [5.41, 5.74) is 0.597. The second kappa shape index (κ2) is 7.04. The Kier molecular flexibility index (Phi) is 4.84. The van der Waals surface area contributed by atoms with Crippen LogP contribution in [0.2, 0.25) is 0 Å². The molecule has 0 spiro atoms. The van der Waals surface area contributed by atoms with Crippen molar-refractivity contribution in [2.75, 3.05) is 5.75 Å². The summed E-state index contributed by atoms with van der Waals surface area (Å²) in [5.74, 6) is 0.921. The lowest BCUT2D eigenvalue weighted by Gasteiger charge is -2.09. The zero-order chi connectivity index (χ0) is 17.1. The van der Waals surface area contributed by atoms with Crippen LogP contribution in [-0.4, -0.2) is 32.3 Å². The normalized spacial score (nSPS) is 13.0. The molecule has 0 saturated carbocycles. The maximum Gasteiger partial charge on any atom is 0.267 e. The van der Waals surface area contributed by atoms with Crippen molar-refractivity contribution in [1.29, 1.82) is 0 Å². The molecular formula is C16H18N4O3S. The van der Waals surface area contributed by atoms with Crippen molar-refractivity contribution in [2.45, 2.75) is 38.2 Å². The van der Waals surface area contributed by atoms with E-state index in [0.717, 1.165) is 11.3 Å². The van der Waals surface area contributed by atoms with E-state index in [9.17, 15) is 9.59 Å². The first-order chi connectivity index (χ1) is 11.5. The lowest BCUT2D eigenvalue weighted by Crippen LogP contribution is -2.33. The van der Waals surface area contributed by atoms with Gasteiger partial charge in [0.1, 0.15) is 5.56 Å². The van der Waals surface area contributed by atoms with E-state index in [1.54, 1.807) is 16.8 Å². The first kappa shape index (κ1) is 16.5. The lowest BCUT2D eigenvalue weighted by atomic mass is 10.2. The molecule has 126 valence electrons. The van der Waals surface area contributed by atoms with Gasteiger partial charge in [-0.05, 0) is 19.4 Å². The highest BCUT2D eigenvalue weighted by molar-refractivity contribution is 7.99. The van der Waals surface area contributed by atoms with E-state index in [4.69, 9.17) is 4.74 Å². The van der Waals surface area contributed by atoms with Gasteiger partial charge in [0.2, 0.25) is 5.88 Å². The summed E-state index contributed by atoms with van der Waals surface area (Å²) in [6, 6.07) is 3.58. The third-order valence-corrected chi connectivity index (χ3v) is 4.38. The molecule has 2 aromatic rings. The number of hydrogen-bond acceptors (Lipinski definition) is 6. The molecule has 1 amide bonds. The highest BCUT2D eigenvalue weighted by Crippen LogP contribution is 2.20. The Bertz CT molecular complexity index is 802. The van der Waals surface area contributed by atoms with Gasteiger partial charge in [-0.15, -0.1) is 0 Å². The summed E-state index contributed by atoms with van der Waals surface area (Å²) in [6.45, 7) is 4.73. The number of hydrogen-bond donors (Lipinski definition) is 1. The summed E-state index contributed by atoms with van der Waals surface area (Å²) in [7, 11) is 0. The molecule has 0 unspecified atom stereocenters. The number of rotatable bonds is 5. The molecule has 1 aliphatic heterocycles. The second-order valence-electron chi connectivity index (χ2n) is 5.61. The molecule has 0 bridgehead atoms. The molecule has 24 heavy (non-hydrogen) atoms.